The van der Waals surface area contributed by atoms with Crippen molar-refractivity contribution in [3.05, 3.63) is 18.2 Å². The van der Waals surface area contributed by atoms with Crippen LogP contribution in [0.25, 0.3) is 0 Å². The zero-order chi connectivity index (χ0) is 17.2. The Morgan fingerprint density at radius 1 is 1.21 bits per heavy atom. The normalized spacial score (nSPS) is 14.2. The van der Waals surface area contributed by atoms with Crippen LogP contribution in [0.15, 0.2) is 23.1 Å². The van der Waals surface area contributed by atoms with Gasteiger partial charge in [-0.05, 0) is 12.1 Å². The molecule has 8 heteroatoms. The molecule has 0 fully saturated rings. The molecule has 1 unspecified atom stereocenters. The van der Waals surface area contributed by atoms with E-state index in [-0.39, 0.29) is 18.1 Å². The zero-order valence-electron chi connectivity index (χ0n) is 13.8. The molecule has 1 amide bonds. The van der Waals surface area contributed by atoms with Gasteiger partial charge in [-0.3, -0.25) is 9.00 Å². The van der Waals surface area contributed by atoms with E-state index in [4.69, 9.17) is 14.2 Å². The topological polar surface area (TPSA) is 85.9 Å². The molecular weight excluding hydrogens is 332 g/mol. The van der Waals surface area contributed by atoms with E-state index in [2.05, 4.69) is 10.6 Å². The first-order valence-corrected chi connectivity index (χ1v) is 9.27. The smallest absolute Gasteiger partial charge is 0.220 e. The van der Waals surface area contributed by atoms with Gasteiger partial charge >= 0.3 is 0 Å². The minimum absolute atomic E-state index is 0.102. The van der Waals surface area contributed by atoms with Gasteiger partial charge in [-0.25, -0.2) is 0 Å². The van der Waals surface area contributed by atoms with Crippen LogP contribution >= 0.6 is 0 Å². The quantitative estimate of drug-likeness (QED) is 0.587. The van der Waals surface area contributed by atoms with Crippen LogP contribution in [-0.2, 0) is 20.3 Å². The Bertz CT molecular complexity index is 567. The molecule has 1 aromatic carbocycles. The monoisotopic (exact) mass is 356 g/mol. The minimum atomic E-state index is -1.24. The van der Waals surface area contributed by atoms with Gasteiger partial charge in [-0.15, -0.1) is 0 Å². The highest BCUT2D eigenvalue weighted by molar-refractivity contribution is 7.85. The van der Waals surface area contributed by atoms with Crippen LogP contribution in [0.5, 0.6) is 11.5 Å². The van der Waals surface area contributed by atoms with E-state index in [1.165, 1.54) is 0 Å². The van der Waals surface area contributed by atoms with Crippen molar-refractivity contribution in [2.45, 2.75) is 11.3 Å². The molecule has 1 aliphatic heterocycles. The van der Waals surface area contributed by atoms with Crippen molar-refractivity contribution >= 4 is 16.7 Å². The van der Waals surface area contributed by atoms with E-state index in [9.17, 15) is 9.00 Å². The molecule has 2 rings (SSSR count). The van der Waals surface area contributed by atoms with Gasteiger partial charge in [0.2, 0.25) is 5.91 Å². The standard InChI is InChI=1S/C16H24N2O5S/c1-21-8-7-17-5-6-18-16(19)4-11-24(20)13-2-3-14-15(12-13)23-10-9-22-14/h2-3,12,17H,4-11H2,1H3,(H,18,19). The lowest BCUT2D eigenvalue weighted by Gasteiger charge is -2.18. The van der Waals surface area contributed by atoms with Gasteiger partial charge in [0.05, 0.1) is 17.4 Å². The molecule has 0 saturated carbocycles. The van der Waals surface area contributed by atoms with Crippen LogP contribution < -0.4 is 20.1 Å². The molecule has 0 spiro atoms. The molecular formula is C16H24N2O5S. The van der Waals surface area contributed by atoms with Gasteiger partial charge in [-0.2, -0.15) is 0 Å². The van der Waals surface area contributed by atoms with Crippen LogP contribution in [0.4, 0.5) is 0 Å². The molecule has 7 nitrogen and oxygen atoms in total. The Morgan fingerprint density at radius 3 is 2.79 bits per heavy atom. The molecule has 0 radical (unpaired) electrons. The van der Waals surface area contributed by atoms with E-state index < -0.39 is 10.8 Å². The second-order valence-electron chi connectivity index (χ2n) is 5.20. The maximum atomic E-state index is 12.3. The van der Waals surface area contributed by atoms with E-state index in [0.29, 0.717) is 49.3 Å². The summed E-state index contributed by atoms with van der Waals surface area (Å²) >= 11 is 0. The van der Waals surface area contributed by atoms with Gasteiger partial charge in [-0.1, -0.05) is 0 Å². The van der Waals surface area contributed by atoms with Crippen molar-refractivity contribution in [3.63, 3.8) is 0 Å². The average Bonchev–Trinajstić information content (AvgIpc) is 2.62. The molecule has 0 saturated heterocycles. The molecule has 1 atom stereocenters. The second-order valence-corrected chi connectivity index (χ2v) is 6.77. The van der Waals surface area contributed by atoms with Crippen LogP contribution in [0, 0.1) is 0 Å². The minimum Gasteiger partial charge on any atom is -0.486 e. The summed E-state index contributed by atoms with van der Waals surface area (Å²) < 4.78 is 28.1. The molecule has 0 aliphatic carbocycles. The van der Waals surface area contributed by atoms with Crippen molar-refractivity contribution in [2.75, 3.05) is 52.3 Å². The third kappa shape index (κ3) is 6.10. The maximum absolute atomic E-state index is 12.3. The number of rotatable bonds is 10. The lowest BCUT2D eigenvalue weighted by molar-refractivity contribution is -0.120. The molecule has 134 valence electrons. The number of methoxy groups -OCH3 is 1. The van der Waals surface area contributed by atoms with Gasteiger partial charge in [0.1, 0.15) is 13.2 Å². The number of carbonyl (C=O) groups is 1. The molecule has 24 heavy (non-hydrogen) atoms. The highest BCUT2D eigenvalue weighted by Crippen LogP contribution is 2.31. The SMILES string of the molecule is COCCNCCNC(=O)CCS(=O)c1ccc2c(c1)OCCO2. The van der Waals surface area contributed by atoms with Crippen molar-refractivity contribution in [1.29, 1.82) is 0 Å². The summed E-state index contributed by atoms with van der Waals surface area (Å²) in [6.07, 6.45) is 0.221. The average molecular weight is 356 g/mol. The number of hydrogen-bond donors (Lipinski definition) is 2. The zero-order valence-corrected chi connectivity index (χ0v) is 14.7. The predicted molar refractivity (Wildman–Crippen MR) is 91.1 cm³/mol. The fraction of sp³-hybridized carbons (Fsp3) is 0.562. The van der Waals surface area contributed by atoms with Gasteiger partial charge in [0, 0.05) is 49.9 Å². The summed E-state index contributed by atoms with van der Waals surface area (Å²) in [4.78, 5) is 12.4. The van der Waals surface area contributed by atoms with Crippen molar-refractivity contribution in [3.8, 4) is 11.5 Å². The van der Waals surface area contributed by atoms with Crippen LogP contribution in [0.1, 0.15) is 6.42 Å². The van der Waals surface area contributed by atoms with Crippen LogP contribution in [0.3, 0.4) is 0 Å². The Balaban J connectivity index is 1.68. The van der Waals surface area contributed by atoms with E-state index in [1.807, 2.05) is 0 Å². The van der Waals surface area contributed by atoms with E-state index >= 15 is 0 Å². The summed E-state index contributed by atoms with van der Waals surface area (Å²) in [5.74, 6) is 1.46. The van der Waals surface area contributed by atoms with Crippen molar-refractivity contribution in [1.82, 2.24) is 10.6 Å². The van der Waals surface area contributed by atoms with Gasteiger partial charge < -0.3 is 24.8 Å². The third-order valence-corrected chi connectivity index (χ3v) is 4.75. The van der Waals surface area contributed by atoms with E-state index in [0.717, 1.165) is 6.54 Å². The van der Waals surface area contributed by atoms with Crippen molar-refractivity contribution < 1.29 is 23.2 Å². The number of fused-ring (bicyclic) bond motifs is 1. The largest absolute Gasteiger partial charge is 0.486 e. The number of nitrogens with one attached hydrogen (secondary N) is 2. The third-order valence-electron chi connectivity index (χ3n) is 3.40. The summed E-state index contributed by atoms with van der Waals surface area (Å²) in [5, 5.41) is 5.93. The number of amides is 1. The highest BCUT2D eigenvalue weighted by atomic mass is 32.2. The Labute approximate surface area is 144 Å². The first kappa shape index (κ1) is 18.7. The summed E-state index contributed by atoms with van der Waals surface area (Å²) in [6, 6.07) is 5.23. The van der Waals surface area contributed by atoms with Gasteiger partial charge in [0.15, 0.2) is 11.5 Å². The number of hydrogen-bond acceptors (Lipinski definition) is 6. The van der Waals surface area contributed by atoms with Crippen LogP contribution in [-0.4, -0.2) is 62.4 Å². The number of benzene rings is 1. The van der Waals surface area contributed by atoms with E-state index in [1.54, 1.807) is 25.3 Å². The fourth-order valence-corrected chi connectivity index (χ4v) is 3.21. The Hall–Kier alpha value is -1.64. The summed E-state index contributed by atoms with van der Waals surface area (Å²) in [6.45, 7) is 3.63. The Kier molecular flexibility index (Phi) is 8.00. The van der Waals surface area contributed by atoms with Gasteiger partial charge in [0.25, 0.3) is 0 Å². The number of ether oxygens (including phenoxy) is 3. The summed E-state index contributed by atoms with van der Waals surface area (Å²) in [5.41, 5.74) is 0. The first-order chi connectivity index (χ1) is 11.7. The predicted octanol–water partition coefficient (Wildman–Crippen LogP) is 0.308. The molecule has 1 aromatic rings. The molecule has 0 bridgehead atoms. The second kappa shape index (κ2) is 10.3. The summed E-state index contributed by atoms with van der Waals surface area (Å²) in [7, 11) is 0.402. The highest BCUT2D eigenvalue weighted by Gasteiger charge is 2.15. The first-order valence-electron chi connectivity index (χ1n) is 7.95. The van der Waals surface area contributed by atoms with Crippen molar-refractivity contribution in [2.24, 2.45) is 0 Å². The molecule has 0 aromatic heterocycles. The molecule has 1 heterocycles. The van der Waals surface area contributed by atoms with Crippen LogP contribution in [0.2, 0.25) is 0 Å². The lowest BCUT2D eigenvalue weighted by atomic mass is 10.3. The Morgan fingerprint density at radius 2 is 2.00 bits per heavy atom. The molecule has 2 N–H and O–H groups in total. The number of carbonyl (C=O) groups excluding carboxylic acids is 1. The molecule has 1 aliphatic rings. The fourth-order valence-electron chi connectivity index (χ4n) is 2.15. The lowest BCUT2D eigenvalue weighted by Crippen LogP contribution is -2.33. The maximum Gasteiger partial charge on any atom is 0.220 e.